The summed E-state index contributed by atoms with van der Waals surface area (Å²) in [5.41, 5.74) is 6.06. The third-order valence-corrected chi connectivity index (χ3v) is 6.84. The maximum atomic E-state index is 15.0. The molecule has 2 aliphatic rings. The number of amides is 3. The number of hydrogen-bond acceptors (Lipinski definition) is 7. The Kier molecular flexibility index (Phi) is 7.94. The zero-order chi connectivity index (χ0) is 25.8. The fourth-order valence-corrected chi connectivity index (χ4v) is 4.76. The van der Waals surface area contributed by atoms with E-state index in [-0.39, 0.29) is 48.5 Å². The van der Waals surface area contributed by atoms with E-state index in [9.17, 15) is 14.4 Å². The van der Waals surface area contributed by atoms with Crippen LogP contribution in [-0.2, 0) is 14.3 Å². The molecule has 2 aliphatic heterocycles. The van der Waals surface area contributed by atoms with Gasteiger partial charge in [0.2, 0.25) is 5.91 Å². The highest BCUT2D eigenvalue weighted by atomic mass is 32.2. The summed E-state index contributed by atoms with van der Waals surface area (Å²) in [6, 6.07) is 8.12. The molecule has 3 N–H and O–H groups in total. The molecule has 36 heavy (non-hydrogen) atoms. The minimum atomic E-state index is -0.727. The number of thioether (sulfide) groups is 1. The normalized spacial score (nSPS) is 19.4. The quantitative estimate of drug-likeness (QED) is 0.489. The molecule has 0 bridgehead atoms. The van der Waals surface area contributed by atoms with Crippen molar-refractivity contribution >= 4 is 41.2 Å². The minimum Gasteiger partial charge on any atom is -0.443 e. The Hall–Kier alpha value is -3.38. The predicted molar refractivity (Wildman–Crippen MR) is 132 cm³/mol. The number of anilines is 2. The van der Waals surface area contributed by atoms with Gasteiger partial charge in [-0.15, -0.1) is 0 Å². The highest BCUT2D eigenvalue weighted by molar-refractivity contribution is 7.99. The Morgan fingerprint density at radius 3 is 2.03 bits per heavy atom. The molecule has 3 amide bonds. The van der Waals surface area contributed by atoms with Crippen molar-refractivity contribution in [2.45, 2.75) is 19.1 Å². The number of cyclic esters (lactones) is 2. The molecule has 0 aliphatic carbocycles. The standard InChI is InChI=1S/C24H26F2N4O5S/c1-14(31)28-10-17-11-29(23(32)34-17)15-2-4-19(21(25)8-15)20-5-3-16(9-22(20)26)30-12-18(35-24(30)33)13-36-7-6-27/h2-5,8-9,17-18H,6-7,10-13,27H2,1H3,(H,28,31)/t17-,18+/m0/s1. The summed E-state index contributed by atoms with van der Waals surface area (Å²) in [6.45, 7) is 2.45. The van der Waals surface area contributed by atoms with Gasteiger partial charge in [-0.05, 0) is 36.4 Å². The molecule has 2 saturated heterocycles. The van der Waals surface area contributed by atoms with Gasteiger partial charge in [-0.25, -0.2) is 18.4 Å². The molecule has 4 rings (SSSR count). The first-order chi connectivity index (χ1) is 17.3. The van der Waals surface area contributed by atoms with Gasteiger partial charge >= 0.3 is 12.2 Å². The average molecular weight is 521 g/mol. The molecule has 0 aromatic heterocycles. The lowest BCUT2D eigenvalue weighted by atomic mass is 10.0. The molecular formula is C24H26F2N4O5S. The van der Waals surface area contributed by atoms with Crippen molar-refractivity contribution in [3.8, 4) is 11.1 Å². The molecule has 0 spiro atoms. The molecule has 12 heteroatoms. The lowest BCUT2D eigenvalue weighted by Crippen LogP contribution is -2.33. The summed E-state index contributed by atoms with van der Waals surface area (Å²) in [5.74, 6) is -0.344. The highest BCUT2D eigenvalue weighted by Crippen LogP contribution is 2.33. The Balaban J connectivity index is 1.46. The fraction of sp³-hybridized carbons (Fsp3) is 0.375. The second kappa shape index (κ2) is 11.1. The number of halogens is 2. The molecular weight excluding hydrogens is 494 g/mol. The van der Waals surface area contributed by atoms with Crippen LogP contribution in [0.15, 0.2) is 36.4 Å². The summed E-state index contributed by atoms with van der Waals surface area (Å²) < 4.78 is 40.6. The van der Waals surface area contributed by atoms with Gasteiger partial charge in [-0.3, -0.25) is 14.6 Å². The topological polar surface area (TPSA) is 114 Å². The lowest BCUT2D eigenvalue weighted by molar-refractivity contribution is -0.119. The van der Waals surface area contributed by atoms with Crippen LogP contribution in [0, 0.1) is 11.6 Å². The summed E-state index contributed by atoms with van der Waals surface area (Å²) in [7, 11) is 0. The van der Waals surface area contributed by atoms with Gasteiger partial charge < -0.3 is 20.5 Å². The van der Waals surface area contributed by atoms with Gasteiger partial charge in [0.15, 0.2) is 0 Å². The first-order valence-electron chi connectivity index (χ1n) is 11.3. The smallest absolute Gasteiger partial charge is 0.414 e. The van der Waals surface area contributed by atoms with E-state index in [2.05, 4.69) is 5.32 Å². The second-order valence-electron chi connectivity index (χ2n) is 8.36. The molecule has 0 radical (unpaired) electrons. The van der Waals surface area contributed by atoms with Gasteiger partial charge in [0.25, 0.3) is 0 Å². The van der Waals surface area contributed by atoms with Gasteiger partial charge in [-0.1, -0.05) is 0 Å². The first-order valence-corrected chi connectivity index (χ1v) is 12.5. The summed E-state index contributed by atoms with van der Waals surface area (Å²) in [5, 5.41) is 2.57. The Morgan fingerprint density at radius 1 is 1.00 bits per heavy atom. The van der Waals surface area contributed by atoms with Crippen molar-refractivity contribution in [1.29, 1.82) is 0 Å². The summed E-state index contributed by atoms with van der Waals surface area (Å²) >= 11 is 1.57. The van der Waals surface area contributed by atoms with Crippen LogP contribution in [0.4, 0.5) is 29.7 Å². The first kappa shape index (κ1) is 25.7. The van der Waals surface area contributed by atoms with Crippen LogP contribution in [0.1, 0.15) is 6.92 Å². The van der Waals surface area contributed by atoms with Gasteiger partial charge in [0.05, 0.1) is 31.0 Å². The SMILES string of the molecule is CC(=O)NC[C@H]1CN(c2ccc(-c3ccc(N4C[C@H](CSCCN)OC4=O)cc3F)c(F)c2)C(=O)O1. The Labute approximate surface area is 210 Å². The molecule has 2 atom stereocenters. The van der Waals surface area contributed by atoms with Crippen molar-refractivity contribution < 1.29 is 32.6 Å². The number of nitrogens with one attached hydrogen (secondary N) is 1. The molecule has 2 aromatic carbocycles. The van der Waals surface area contributed by atoms with E-state index in [1.807, 2.05) is 0 Å². The Bertz CT molecular complexity index is 1170. The molecule has 0 unspecified atom stereocenters. The monoisotopic (exact) mass is 520 g/mol. The largest absolute Gasteiger partial charge is 0.443 e. The van der Waals surface area contributed by atoms with Gasteiger partial charge in [-0.2, -0.15) is 11.8 Å². The van der Waals surface area contributed by atoms with Crippen molar-refractivity contribution in [3.05, 3.63) is 48.0 Å². The average Bonchev–Trinajstić information content (AvgIpc) is 3.40. The number of nitrogens with two attached hydrogens (primary N) is 1. The summed E-state index contributed by atoms with van der Waals surface area (Å²) in [6.07, 6.45) is -2.11. The Morgan fingerprint density at radius 2 is 1.53 bits per heavy atom. The maximum absolute atomic E-state index is 15.0. The zero-order valence-electron chi connectivity index (χ0n) is 19.5. The van der Waals surface area contributed by atoms with Crippen molar-refractivity contribution in [3.63, 3.8) is 0 Å². The van der Waals surface area contributed by atoms with E-state index in [1.165, 1.54) is 47.1 Å². The van der Waals surface area contributed by atoms with E-state index in [1.54, 1.807) is 11.8 Å². The van der Waals surface area contributed by atoms with E-state index in [0.717, 1.165) is 11.8 Å². The number of ether oxygens (including phenoxy) is 2. The summed E-state index contributed by atoms with van der Waals surface area (Å²) in [4.78, 5) is 38.1. The number of nitrogens with zero attached hydrogens (tertiary/aromatic N) is 2. The van der Waals surface area contributed by atoms with Crippen LogP contribution in [0.3, 0.4) is 0 Å². The van der Waals surface area contributed by atoms with E-state index in [0.29, 0.717) is 18.0 Å². The van der Waals surface area contributed by atoms with Crippen molar-refractivity contribution in [2.24, 2.45) is 5.73 Å². The number of carbonyl (C=O) groups is 3. The highest BCUT2D eigenvalue weighted by Gasteiger charge is 2.34. The number of rotatable bonds is 9. The van der Waals surface area contributed by atoms with Crippen LogP contribution in [0.5, 0.6) is 0 Å². The van der Waals surface area contributed by atoms with Crippen molar-refractivity contribution in [1.82, 2.24) is 5.32 Å². The molecule has 2 aromatic rings. The predicted octanol–water partition coefficient (Wildman–Crippen LogP) is 3.11. The molecule has 2 heterocycles. The minimum absolute atomic E-state index is 0.00483. The molecule has 192 valence electrons. The van der Waals surface area contributed by atoms with Gasteiger partial charge in [0.1, 0.15) is 23.8 Å². The molecule has 0 saturated carbocycles. The lowest BCUT2D eigenvalue weighted by Gasteiger charge is -2.16. The van der Waals surface area contributed by atoms with Crippen LogP contribution in [0.25, 0.3) is 11.1 Å². The molecule has 2 fully saturated rings. The third-order valence-electron chi connectivity index (χ3n) is 5.71. The number of benzene rings is 2. The number of carbonyl (C=O) groups excluding carboxylic acids is 3. The van der Waals surface area contributed by atoms with E-state index in [4.69, 9.17) is 15.2 Å². The van der Waals surface area contributed by atoms with Crippen LogP contribution in [0.2, 0.25) is 0 Å². The van der Waals surface area contributed by atoms with Crippen LogP contribution >= 0.6 is 11.8 Å². The fourth-order valence-electron chi connectivity index (χ4n) is 3.99. The maximum Gasteiger partial charge on any atom is 0.414 e. The third kappa shape index (κ3) is 5.71. The van der Waals surface area contributed by atoms with Crippen molar-refractivity contribution in [2.75, 3.05) is 47.5 Å². The van der Waals surface area contributed by atoms with E-state index < -0.39 is 29.9 Å². The molecule has 9 nitrogen and oxygen atoms in total. The van der Waals surface area contributed by atoms with Crippen LogP contribution in [-0.4, -0.2) is 68.0 Å². The zero-order valence-corrected chi connectivity index (χ0v) is 20.4. The van der Waals surface area contributed by atoms with Gasteiger partial charge in [0, 0.05) is 36.1 Å². The van der Waals surface area contributed by atoms with Crippen LogP contribution < -0.4 is 20.9 Å². The second-order valence-corrected chi connectivity index (χ2v) is 9.51. The van der Waals surface area contributed by atoms with E-state index >= 15 is 8.78 Å². The number of hydrogen-bond donors (Lipinski definition) is 2.